The minimum absolute atomic E-state index is 0. The summed E-state index contributed by atoms with van der Waals surface area (Å²) in [5.74, 6) is 0.810. The second-order valence-electron chi connectivity index (χ2n) is 6.66. The quantitative estimate of drug-likeness (QED) is 0.157. The number of nitrogens with zero attached hydrogens (tertiary/aromatic N) is 1. The van der Waals surface area contributed by atoms with Crippen molar-refractivity contribution in [1.82, 2.24) is 16.0 Å². The van der Waals surface area contributed by atoms with E-state index in [0.717, 1.165) is 32.3 Å². The van der Waals surface area contributed by atoms with Crippen molar-refractivity contribution in [2.75, 3.05) is 46.6 Å². The molecule has 0 aromatic rings. The van der Waals surface area contributed by atoms with E-state index in [1.54, 1.807) is 7.05 Å². The lowest BCUT2D eigenvalue weighted by molar-refractivity contribution is -0.121. The molecule has 7 nitrogen and oxygen atoms in total. The van der Waals surface area contributed by atoms with Crippen LogP contribution >= 0.6 is 24.0 Å². The molecule has 1 saturated carbocycles. The summed E-state index contributed by atoms with van der Waals surface area (Å²) in [5.41, 5.74) is 0. The van der Waals surface area contributed by atoms with Crippen LogP contribution in [0.15, 0.2) is 4.99 Å². The number of hydrogen-bond acceptors (Lipinski definition) is 4. The number of rotatable bonds is 13. The molecule has 160 valence electrons. The third-order valence-corrected chi connectivity index (χ3v) is 4.39. The summed E-state index contributed by atoms with van der Waals surface area (Å²) < 4.78 is 10.9. The molecule has 0 aromatic carbocycles. The van der Waals surface area contributed by atoms with Gasteiger partial charge in [-0.15, -0.1) is 24.0 Å². The molecule has 0 saturated heterocycles. The van der Waals surface area contributed by atoms with E-state index in [9.17, 15) is 4.79 Å². The number of guanidine groups is 1. The van der Waals surface area contributed by atoms with Crippen molar-refractivity contribution in [3.63, 3.8) is 0 Å². The monoisotopic (exact) mass is 498 g/mol. The number of unbranched alkanes of at least 4 members (excludes halogenated alkanes) is 1. The maximum absolute atomic E-state index is 12.0. The summed E-state index contributed by atoms with van der Waals surface area (Å²) in [5, 5.41) is 9.46. The first-order valence-electron chi connectivity index (χ1n) is 10.2. The zero-order chi connectivity index (χ0) is 18.9. The molecule has 27 heavy (non-hydrogen) atoms. The molecule has 1 amide bonds. The first-order chi connectivity index (χ1) is 12.8. The lowest BCUT2D eigenvalue weighted by Gasteiger charge is -2.22. The molecule has 0 atom stereocenters. The Balaban J connectivity index is 0.00000676. The van der Waals surface area contributed by atoms with Crippen LogP contribution in [-0.2, 0) is 14.3 Å². The number of ether oxygens (including phenoxy) is 2. The van der Waals surface area contributed by atoms with E-state index in [1.807, 2.05) is 0 Å². The predicted molar refractivity (Wildman–Crippen MR) is 121 cm³/mol. The van der Waals surface area contributed by atoms with Gasteiger partial charge in [0.25, 0.3) is 0 Å². The van der Waals surface area contributed by atoms with Gasteiger partial charge < -0.3 is 25.4 Å². The van der Waals surface area contributed by atoms with E-state index in [2.05, 4.69) is 27.9 Å². The normalized spacial score (nSPS) is 15.1. The topological polar surface area (TPSA) is 84.0 Å². The molecule has 0 aromatic heterocycles. The third-order valence-electron chi connectivity index (χ3n) is 4.39. The Morgan fingerprint density at radius 1 is 1.00 bits per heavy atom. The molecule has 0 heterocycles. The zero-order valence-corrected chi connectivity index (χ0v) is 19.4. The average Bonchev–Trinajstić information content (AvgIpc) is 2.66. The lowest BCUT2D eigenvalue weighted by atomic mass is 9.95. The fraction of sp³-hybridized carbons (Fsp3) is 0.895. The minimum atomic E-state index is 0. The summed E-state index contributed by atoms with van der Waals surface area (Å²) in [4.78, 5) is 16.1. The van der Waals surface area contributed by atoms with Crippen molar-refractivity contribution in [2.24, 2.45) is 4.99 Å². The Morgan fingerprint density at radius 2 is 1.67 bits per heavy atom. The smallest absolute Gasteiger partial charge is 0.221 e. The van der Waals surface area contributed by atoms with Crippen LogP contribution in [0, 0.1) is 0 Å². The first kappa shape index (κ1) is 26.4. The van der Waals surface area contributed by atoms with Crippen molar-refractivity contribution in [1.29, 1.82) is 0 Å². The molecule has 0 unspecified atom stereocenters. The SMILES string of the molecule is CCCCOCCOCCNC(=NC)NCCC(=O)NC1CCCCC1.I. The van der Waals surface area contributed by atoms with Crippen LogP contribution in [0.4, 0.5) is 0 Å². The molecule has 1 fully saturated rings. The van der Waals surface area contributed by atoms with E-state index in [0.29, 0.717) is 51.3 Å². The van der Waals surface area contributed by atoms with Crippen LogP contribution < -0.4 is 16.0 Å². The zero-order valence-electron chi connectivity index (χ0n) is 17.1. The molecule has 1 rings (SSSR count). The van der Waals surface area contributed by atoms with E-state index in [1.165, 1.54) is 19.3 Å². The largest absolute Gasteiger partial charge is 0.379 e. The molecule has 3 N–H and O–H groups in total. The number of hydrogen-bond donors (Lipinski definition) is 3. The summed E-state index contributed by atoms with van der Waals surface area (Å²) >= 11 is 0. The molecule has 0 aliphatic heterocycles. The number of amides is 1. The summed E-state index contributed by atoms with van der Waals surface area (Å²) in [6.45, 7) is 6.05. The molecule has 1 aliphatic rings. The molecule has 8 heteroatoms. The standard InChI is InChI=1S/C19H38N4O3.HI/c1-3-4-13-25-15-16-26-14-12-22-19(20-2)21-11-10-18(24)23-17-8-6-5-7-9-17;/h17H,3-16H2,1-2H3,(H,23,24)(H2,20,21,22);1H. The van der Waals surface area contributed by atoms with E-state index in [-0.39, 0.29) is 29.9 Å². The summed E-state index contributed by atoms with van der Waals surface area (Å²) in [6.07, 6.45) is 8.70. The Bertz CT molecular complexity index is 391. The molecule has 0 radical (unpaired) electrons. The van der Waals surface area contributed by atoms with Gasteiger partial charge >= 0.3 is 0 Å². The molecular formula is C19H39IN4O3. The van der Waals surface area contributed by atoms with Gasteiger partial charge in [-0.1, -0.05) is 32.6 Å². The van der Waals surface area contributed by atoms with Crippen molar-refractivity contribution < 1.29 is 14.3 Å². The predicted octanol–water partition coefficient (Wildman–Crippen LogP) is 2.44. The second-order valence-corrected chi connectivity index (χ2v) is 6.66. The van der Waals surface area contributed by atoms with Crippen molar-refractivity contribution in [3.8, 4) is 0 Å². The average molecular weight is 498 g/mol. The van der Waals surface area contributed by atoms with Gasteiger partial charge in [-0.25, -0.2) is 0 Å². The first-order valence-corrected chi connectivity index (χ1v) is 10.2. The maximum atomic E-state index is 12.0. The van der Waals surface area contributed by atoms with E-state index in [4.69, 9.17) is 9.47 Å². The van der Waals surface area contributed by atoms with Gasteiger partial charge in [0.1, 0.15) is 0 Å². The van der Waals surface area contributed by atoms with Crippen LogP contribution in [0.5, 0.6) is 0 Å². The van der Waals surface area contributed by atoms with Crippen molar-refractivity contribution >= 4 is 35.8 Å². The highest BCUT2D eigenvalue weighted by molar-refractivity contribution is 14.0. The Labute approximate surface area is 181 Å². The van der Waals surface area contributed by atoms with Crippen LogP contribution in [0.3, 0.4) is 0 Å². The van der Waals surface area contributed by atoms with Crippen LogP contribution in [0.25, 0.3) is 0 Å². The van der Waals surface area contributed by atoms with Crippen LogP contribution in [0.1, 0.15) is 58.3 Å². The Morgan fingerprint density at radius 3 is 2.33 bits per heavy atom. The number of carbonyl (C=O) groups excluding carboxylic acids is 1. The van der Waals surface area contributed by atoms with E-state index >= 15 is 0 Å². The highest BCUT2D eigenvalue weighted by Gasteiger charge is 2.15. The Hall–Kier alpha value is -0.610. The number of halogens is 1. The van der Waals surface area contributed by atoms with Gasteiger partial charge in [0.05, 0.1) is 19.8 Å². The molecule has 0 bridgehead atoms. The number of carbonyl (C=O) groups is 1. The fourth-order valence-corrected chi connectivity index (χ4v) is 2.87. The third kappa shape index (κ3) is 15.0. The van der Waals surface area contributed by atoms with Crippen molar-refractivity contribution in [2.45, 2.75) is 64.3 Å². The van der Waals surface area contributed by atoms with Crippen molar-refractivity contribution in [3.05, 3.63) is 0 Å². The van der Waals surface area contributed by atoms with Crippen LogP contribution in [0.2, 0.25) is 0 Å². The Kier molecular flexibility index (Phi) is 18.3. The van der Waals surface area contributed by atoms with E-state index < -0.39 is 0 Å². The highest BCUT2D eigenvalue weighted by Crippen LogP contribution is 2.17. The lowest BCUT2D eigenvalue weighted by Crippen LogP contribution is -2.42. The molecular weight excluding hydrogens is 459 g/mol. The minimum Gasteiger partial charge on any atom is -0.379 e. The maximum Gasteiger partial charge on any atom is 0.221 e. The van der Waals surface area contributed by atoms with Gasteiger partial charge in [-0.3, -0.25) is 9.79 Å². The van der Waals surface area contributed by atoms with Gasteiger partial charge in [-0.05, 0) is 19.3 Å². The molecule has 0 spiro atoms. The summed E-state index contributed by atoms with van der Waals surface area (Å²) in [6, 6.07) is 0.372. The van der Waals surface area contributed by atoms with Gasteiger partial charge in [-0.2, -0.15) is 0 Å². The summed E-state index contributed by atoms with van der Waals surface area (Å²) in [7, 11) is 1.72. The second kappa shape index (κ2) is 18.7. The molecule has 1 aliphatic carbocycles. The highest BCUT2D eigenvalue weighted by atomic mass is 127. The fourth-order valence-electron chi connectivity index (χ4n) is 2.87. The van der Waals surface area contributed by atoms with Gasteiger partial charge in [0, 0.05) is 39.2 Å². The van der Waals surface area contributed by atoms with Crippen LogP contribution in [-0.4, -0.2) is 64.5 Å². The number of aliphatic imine (C=N–C) groups is 1. The number of nitrogens with one attached hydrogen (secondary N) is 3. The van der Waals surface area contributed by atoms with Gasteiger partial charge in [0.2, 0.25) is 5.91 Å². The van der Waals surface area contributed by atoms with Gasteiger partial charge in [0.15, 0.2) is 5.96 Å².